The van der Waals surface area contributed by atoms with Gasteiger partial charge in [-0.15, -0.1) is 6.42 Å². The highest BCUT2D eigenvalue weighted by molar-refractivity contribution is 8.15. The Bertz CT molecular complexity index is 1180. The van der Waals surface area contributed by atoms with E-state index in [1.807, 2.05) is 6.92 Å². The van der Waals surface area contributed by atoms with Gasteiger partial charge in [-0.25, -0.2) is 13.8 Å². The molecule has 0 aromatic heterocycles. The molecule has 2 aliphatic rings. The summed E-state index contributed by atoms with van der Waals surface area (Å²) in [6.45, 7) is 8.85. The van der Waals surface area contributed by atoms with Crippen LogP contribution >= 0.6 is 11.8 Å². The molecule has 1 aliphatic heterocycles. The van der Waals surface area contributed by atoms with E-state index < -0.39 is 23.1 Å². The Morgan fingerprint density at radius 1 is 1.49 bits per heavy atom. The topological polar surface area (TPSA) is 111 Å². The number of benzene rings is 1. The van der Waals surface area contributed by atoms with Crippen LogP contribution in [0.3, 0.4) is 0 Å². The number of fused-ring (bicyclic) bond motifs is 1. The summed E-state index contributed by atoms with van der Waals surface area (Å²) in [4.78, 5) is 24.7. The molecular weight excluding hydrogens is 476 g/mol. The first-order valence-electron chi connectivity index (χ1n) is 10.7. The molecule has 1 saturated carbocycles. The van der Waals surface area contributed by atoms with Gasteiger partial charge in [-0.1, -0.05) is 24.6 Å². The molecule has 4 atom stereocenters. The summed E-state index contributed by atoms with van der Waals surface area (Å²) >= 11 is 1.40. The third-order valence-electron chi connectivity index (χ3n) is 6.29. The first-order valence-corrected chi connectivity index (χ1v) is 11.5. The van der Waals surface area contributed by atoms with Gasteiger partial charge in [0.2, 0.25) is 5.88 Å². The van der Waals surface area contributed by atoms with Crippen LogP contribution < -0.4 is 11.1 Å². The number of hydrogen-bond acceptors (Lipinski definition) is 8. The van der Waals surface area contributed by atoms with Crippen molar-refractivity contribution in [3.63, 3.8) is 0 Å². The minimum Gasteiger partial charge on any atom is -0.463 e. The number of amides is 1. The molecule has 1 aromatic carbocycles. The number of aliphatic imine (C=N–C) groups is 3. The number of amidine groups is 1. The molecule has 1 aromatic rings. The van der Waals surface area contributed by atoms with Gasteiger partial charge in [-0.05, 0) is 32.5 Å². The second kappa shape index (κ2) is 10.2. The number of terminal acetylenes is 1. The summed E-state index contributed by atoms with van der Waals surface area (Å²) in [6, 6.07) is 2.28. The fraction of sp³-hybridized carbons (Fsp3) is 0.417. The van der Waals surface area contributed by atoms with Crippen molar-refractivity contribution in [1.82, 2.24) is 0 Å². The molecule has 0 radical (unpaired) electrons. The first-order chi connectivity index (χ1) is 16.5. The summed E-state index contributed by atoms with van der Waals surface area (Å²) < 4.78 is 39.9. The van der Waals surface area contributed by atoms with Crippen LogP contribution in [-0.2, 0) is 19.8 Å². The highest BCUT2D eigenvalue weighted by Gasteiger charge is 2.72. The molecule has 11 heteroatoms. The maximum atomic E-state index is 15.1. The van der Waals surface area contributed by atoms with E-state index >= 15 is 4.39 Å². The van der Waals surface area contributed by atoms with Crippen LogP contribution in [0, 0.1) is 35.8 Å². The molecule has 1 fully saturated rings. The van der Waals surface area contributed by atoms with E-state index in [-0.39, 0.29) is 51.2 Å². The van der Waals surface area contributed by atoms with E-state index in [0.717, 1.165) is 6.07 Å². The lowest BCUT2D eigenvalue weighted by Crippen LogP contribution is -2.38. The van der Waals surface area contributed by atoms with Crippen LogP contribution in [0.15, 0.2) is 39.2 Å². The fourth-order valence-corrected chi connectivity index (χ4v) is 6.26. The molecule has 1 amide bonds. The van der Waals surface area contributed by atoms with E-state index in [1.54, 1.807) is 14.0 Å². The molecule has 186 valence electrons. The Hall–Kier alpha value is -3.23. The Kier molecular flexibility index (Phi) is 7.67. The molecule has 8 nitrogen and oxygen atoms in total. The number of carbonyl (C=O) groups is 1. The molecule has 0 unspecified atom stereocenters. The predicted octanol–water partition coefficient (Wildman–Crippen LogP) is 3.44. The van der Waals surface area contributed by atoms with E-state index in [2.05, 4.69) is 32.9 Å². The maximum absolute atomic E-state index is 15.1. The minimum absolute atomic E-state index is 0.00111. The van der Waals surface area contributed by atoms with Crippen molar-refractivity contribution in [2.45, 2.75) is 31.1 Å². The second-order valence-corrected chi connectivity index (χ2v) is 9.84. The van der Waals surface area contributed by atoms with Crippen molar-refractivity contribution < 1.29 is 23.0 Å². The summed E-state index contributed by atoms with van der Waals surface area (Å²) in [5, 5.41) is 2.81. The van der Waals surface area contributed by atoms with Gasteiger partial charge >= 0.3 is 0 Å². The van der Waals surface area contributed by atoms with Gasteiger partial charge in [0, 0.05) is 30.3 Å². The molecule has 3 N–H and O–H groups in total. The van der Waals surface area contributed by atoms with Gasteiger partial charge in [0.1, 0.15) is 5.71 Å². The zero-order chi connectivity index (χ0) is 26.0. The van der Waals surface area contributed by atoms with E-state index in [1.165, 1.54) is 31.0 Å². The number of halogens is 2. The number of nitrogens with zero attached hydrogens (tertiary/aromatic N) is 3. The fourth-order valence-electron chi connectivity index (χ4n) is 4.64. The molecule has 3 rings (SSSR count). The number of rotatable bonds is 9. The third-order valence-corrected chi connectivity index (χ3v) is 7.71. The lowest BCUT2D eigenvalue weighted by Gasteiger charge is -2.34. The van der Waals surface area contributed by atoms with Crippen molar-refractivity contribution in [3.05, 3.63) is 41.4 Å². The van der Waals surface area contributed by atoms with Crippen LogP contribution in [-0.4, -0.2) is 48.6 Å². The molecule has 0 spiro atoms. The standard InChI is InChI=1S/C24H27F2N5O3S/c1-7-8-34-18(28-5)11-29-14(3)21(32)30-15-9-16(19(26)17(25)10-15)23(4)20-13(2)24(20,12-33-6)35-22(27)31-23/h1,9-11,13,20H,5,8,12H2,2-4,6H3,(H2,27,31)(H,30,32)/b18-11+,29-14?/t13-,20-,23+,24-/m0/s1. The molecule has 0 saturated heterocycles. The Labute approximate surface area is 207 Å². The van der Waals surface area contributed by atoms with Gasteiger partial charge in [0.05, 0.1) is 23.1 Å². The quantitative estimate of drug-likeness (QED) is 0.305. The molecule has 1 heterocycles. The zero-order valence-electron chi connectivity index (χ0n) is 19.9. The average Bonchev–Trinajstić information content (AvgIpc) is 3.39. The van der Waals surface area contributed by atoms with Crippen LogP contribution in [0.25, 0.3) is 0 Å². The van der Waals surface area contributed by atoms with E-state index in [9.17, 15) is 9.18 Å². The van der Waals surface area contributed by atoms with Crippen LogP contribution in [0.4, 0.5) is 14.5 Å². The lowest BCUT2D eigenvalue weighted by molar-refractivity contribution is -0.110. The Balaban J connectivity index is 1.92. The van der Waals surface area contributed by atoms with E-state index in [4.69, 9.17) is 21.6 Å². The number of methoxy groups -OCH3 is 1. The van der Waals surface area contributed by atoms with Crippen LogP contribution in [0.1, 0.15) is 26.3 Å². The van der Waals surface area contributed by atoms with Crippen molar-refractivity contribution in [2.24, 2.45) is 32.5 Å². The average molecular weight is 504 g/mol. The van der Waals surface area contributed by atoms with Gasteiger partial charge in [-0.3, -0.25) is 14.8 Å². The third kappa shape index (κ3) is 4.94. The number of hydrogen-bond donors (Lipinski definition) is 2. The van der Waals surface area contributed by atoms with Crippen molar-refractivity contribution >= 4 is 41.0 Å². The summed E-state index contributed by atoms with van der Waals surface area (Å²) in [6.07, 6.45) is 6.30. The highest BCUT2D eigenvalue weighted by Crippen LogP contribution is 2.69. The van der Waals surface area contributed by atoms with Crippen LogP contribution in [0.5, 0.6) is 0 Å². The van der Waals surface area contributed by atoms with Crippen molar-refractivity contribution in [3.8, 4) is 12.3 Å². The second-order valence-electron chi connectivity index (χ2n) is 8.46. The number of anilines is 1. The van der Waals surface area contributed by atoms with Gasteiger partial charge in [-0.2, -0.15) is 0 Å². The largest absolute Gasteiger partial charge is 0.463 e. The summed E-state index contributed by atoms with van der Waals surface area (Å²) in [7, 11) is 1.58. The number of carbonyl (C=O) groups excluding carboxylic acids is 1. The highest BCUT2D eigenvalue weighted by atomic mass is 32.2. The van der Waals surface area contributed by atoms with E-state index in [0.29, 0.717) is 6.61 Å². The van der Waals surface area contributed by atoms with Gasteiger partial charge < -0.3 is 20.5 Å². The predicted molar refractivity (Wildman–Crippen MR) is 134 cm³/mol. The molecule has 35 heavy (non-hydrogen) atoms. The lowest BCUT2D eigenvalue weighted by atomic mass is 9.84. The summed E-state index contributed by atoms with van der Waals surface area (Å²) in [5.74, 6) is -0.552. The first kappa shape index (κ1) is 26.4. The number of ether oxygens (including phenoxy) is 2. The number of nitrogens with two attached hydrogens (primary N) is 1. The molecule has 0 bridgehead atoms. The number of nitrogens with one attached hydrogen (secondary N) is 1. The number of thioether (sulfide) groups is 1. The Morgan fingerprint density at radius 2 is 2.20 bits per heavy atom. The molecular formula is C24H27F2N5O3S. The summed E-state index contributed by atoms with van der Waals surface area (Å²) in [5.41, 5.74) is 5.02. The molecule has 1 aliphatic carbocycles. The van der Waals surface area contributed by atoms with Crippen molar-refractivity contribution in [1.29, 1.82) is 0 Å². The monoisotopic (exact) mass is 503 g/mol. The van der Waals surface area contributed by atoms with Gasteiger partial charge in [0.25, 0.3) is 5.91 Å². The minimum atomic E-state index is -1.15. The SMILES string of the molecule is C#CCO/C(=C/N=C(C)C(=O)Nc1cc(F)c(F)c([C@@]2(C)N=C(N)S[C@]3(COC)[C@H]2[C@@H]3C)c1)N=C. The van der Waals surface area contributed by atoms with Gasteiger partial charge in [0.15, 0.2) is 23.4 Å². The normalized spacial score (nSPS) is 27.9. The smallest absolute Gasteiger partial charge is 0.269 e. The maximum Gasteiger partial charge on any atom is 0.269 e. The zero-order valence-corrected chi connectivity index (χ0v) is 20.7. The Morgan fingerprint density at radius 3 is 2.83 bits per heavy atom. The van der Waals surface area contributed by atoms with Crippen molar-refractivity contribution in [2.75, 3.05) is 25.6 Å². The van der Waals surface area contributed by atoms with Crippen LogP contribution in [0.2, 0.25) is 0 Å².